The fourth-order valence-electron chi connectivity index (χ4n) is 5.46. The molecule has 192 valence electrons. The van der Waals surface area contributed by atoms with E-state index in [-0.39, 0.29) is 35.4 Å². The standard InChI is InChI=1S/C26H36FN3O5/c1-26(2,3)16-9-11-30(12-10-16)24-20(28-22(31)8-7-19-14-23(32)29-35-19)15-21(25(24)33)34-18-6-4-5-17(27)13-18/h4-6,13-14,16,20-21,24-25,33H,7-12,15H2,1-3H3,(H,28,31)(H,29,32)/t20-,21-,24+,25+/m1/s1. The lowest BCUT2D eigenvalue weighted by molar-refractivity contribution is -0.122. The zero-order chi connectivity index (χ0) is 25.2. The van der Waals surface area contributed by atoms with Crippen LogP contribution in [0.1, 0.15) is 52.2 Å². The Labute approximate surface area is 204 Å². The number of ether oxygens (including phenoxy) is 1. The summed E-state index contributed by atoms with van der Waals surface area (Å²) < 4.78 is 24.7. The molecule has 9 heteroatoms. The normalized spacial score (nSPS) is 26.1. The molecule has 0 spiro atoms. The molecule has 2 aromatic rings. The van der Waals surface area contributed by atoms with Crippen molar-refractivity contribution in [3.8, 4) is 5.75 Å². The largest absolute Gasteiger partial charge is 0.487 e. The third-order valence-electron chi connectivity index (χ3n) is 7.41. The molecule has 2 heterocycles. The molecule has 1 aromatic heterocycles. The molecule has 4 rings (SSSR count). The van der Waals surface area contributed by atoms with E-state index in [4.69, 9.17) is 9.26 Å². The molecule has 4 atom stereocenters. The molecule has 2 aliphatic rings. The Hall–Kier alpha value is -2.65. The first-order valence-corrected chi connectivity index (χ1v) is 12.4. The number of nitrogens with one attached hydrogen (secondary N) is 2. The predicted molar refractivity (Wildman–Crippen MR) is 129 cm³/mol. The second kappa shape index (κ2) is 10.5. The molecule has 0 bridgehead atoms. The molecule has 0 unspecified atom stereocenters. The van der Waals surface area contributed by atoms with Crippen molar-refractivity contribution in [1.29, 1.82) is 0 Å². The van der Waals surface area contributed by atoms with Crippen molar-refractivity contribution in [3.63, 3.8) is 0 Å². The zero-order valence-corrected chi connectivity index (χ0v) is 20.6. The van der Waals surface area contributed by atoms with Crippen LogP contribution in [0, 0.1) is 17.2 Å². The Morgan fingerprint density at radius 2 is 2.03 bits per heavy atom. The molecular weight excluding hydrogens is 453 g/mol. The number of aliphatic hydroxyl groups excluding tert-OH is 1. The third-order valence-corrected chi connectivity index (χ3v) is 7.41. The van der Waals surface area contributed by atoms with Crippen LogP contribution < -0.4 is 15.6 Å². The number of likely N-dealkylation sites (tertiary alicyclic amines) is 1. The molecular formula is C26H36FN3O5. The molecule has 1 aliphatic heterocycles. The van der Waals surface area contributed by atoms with E-state index in [0.717, 1.165) is 25.9 Å². The number of amides is 1. The average Bonchev–Trinajstić information content (AvgIpc) is 3.34. The monoisotopic (exact) mass is 489 g/mol. The van der Waals surface area contributed by atoms with Gasteiger partial charge in [-0.05, 0) is 49.4 Å². The van der Waals surface area contributed by atoms with Crippen molar-refractivity contribution in [1.82, 2.24) is 15.4 Å². The summed E-state index contributed by atoms with van der Waals surface area (Å²) in [6.45, 7) is 8.44. The van der Waals surface area contributed by atoms with Crippen molar-refractivity contribution >= 4 is 5.91 Å². The minimum absolute atomic E-state index is 0.154. The number of H-pyrrole nitrogens is 1. The first kappa shape index (κ1) is 25.4. The molecule has 35 heavy (non-hydrogen) atoms. The lowest BCUT2D eigenvalue weighted by Gasteiger charge is -2.43. The number of benzene rings is 1. The van der Waals surface area contributed by atoms with Crippen LogP contribution in [-0.4, -0.2) is 58.5 Å². The van der Waals surface area contributed by atoms with Crippen molar-refractivity contribution in [2.24, 2.45) is 11.3 Å². The summed E-state index contributed by atoms with van der Waals surface area (Å²) in [5.41, 5.74) is -0.111. The first-order valence-electron chi connectivity index (χ1n) is 12.4. The van der Waals surface area contributed by atoms with E-state index in [1.165, 1.54) is 18.2 Å². The minimum Gasteiger partial charge on any atom is -0.487 e. The van der Waals surface area contributed by atoms with Gasteiger partial charge in [-0.2, -0.15) is 5.16 Å². The summed E-state index contributed by atoms with van der Waals surface area (Å²) in [5, 5.41) is 16.6. The maximum Gasteiger partial charge on any atom is 0.280 e. The van der Waals surface area contributed by atoms with Gasteiger partial charge in [-0.1, -0.05) is 26.8 Å². The van der Waals surface area contributed by atoms with Crippen molar-refractivity contribution in [3.05, 3.63) is 52.3 Å². The van der Waals surface area contributed by atoms with Gasteiger partial charge in [-0.25, -0.2) is 4.39 Å². The predicted octanol–water partition coefficient (Wildman–Crippen LogP) is 2.86. The Morgan fingerprint density at radius 3 is 2.66 bits per heavy atom. The van der Waals surface area contributed by atoms with Gasteiger partial charge >= 0.3 is 0 Å². The lowest BCUT2D eigenvalue weighted by Crippen LogP contribution is -2.56. The Bertz CT molecular complexity index is 1050. The number of aryl methyl sites for hydroxylation is 1. The molecule has 2 fully saturated rings. The van der Waals surface area contributed by atoms with Gasteiger partial charge in [0.25, 0.3) is 5.56 Å². The number of piperidine rings is 1. The van der Waals surface area contributed by atoms with Gasteiger partial charge in [-0.15, -0.1) is 0 Å². The number of aromatic amines is 1. The Kier molecular flexibility index (Phi) is 7.66. The second-order valence-electron chi connectivity index (χ2n) is 10.9. The molecule has 0 radical (unpaired) electrons. The number of carbonyl (C=O) groups is 1. The van der Waals surface area contributed by atoms with Gasteiger partial charge in [0, 0.05) is 31.4 Å². The van der Waals surface area contributed by atoms with Gasteiger partial charge in [0.05, 0.1) is 12.1 Å². The van der Waals surface area contributed by atoms with Crippen LogP contribution in [0.4, 0.5) is 4.39 Å². The fourth-order valence-corrected chi connectivity index (χ4v) is 5.46. The van der Waals surface area contributed by atoms with E-state index in [0.29, 0.717) is 30.3 Å². The smallest absolute Gasteiger partial charge is 0.280 e. The third kappa shape index (κ3) is 6.32. The quantitative estimate of drug-likeness (QED) is 0.552. The summed E-state index contributed by atoms with van der Waals surface area (Å²) in [6, 6.07) is 6.58. The maximum atomic E-state index is 13.7. The topological polar surface area (TPSA) is 108 Å². The highest BCUT2D eigenvalue weighted by Crippen LogP contribution is 2.37. The number of aliphatic hydroxyl groups is 1. The number of rotatable bonds is 7. The van der Waals surface area contributed by atoms with E-state index >= 15 is 0 Å². The van der Waals surface area contributed by atoms with E-state index in [9.17, 15) is 19.1 Å². The first-order chi connectivity index (χ1) is 16.6. The van der Waals surface area contributed by atoms with Crippen molar-refractivity contribution < 1.29 is 23.6 Å². The summed E-state index contributed by atoms with van der Waals surface area (Å²) in [6.07, 6.45) is 1.50. The Balaban J connectivity index is 1.45. The van der Waals surface area contributed by atoms with Crippen LogP contribution in [0.2, 0.25) is 0 Å². The number of hydrogen-bond donors (Lipinski definition) is 3. The number of nitrogens with zero attached hydrogens (tertiary/aromatic N) is 1. The highest BCUT2D eigenvalue weighted by molar-refractivity contribution is 5.76. The van der Waals surface area contributed by atoms with Crippen LogP contribution in [0.25, 0.3) is 0 Å². The van der Waals surface area contributed by atoms with E-state index < -0.39 is 18.0 Å². The molecule has 1 saturated carbocycles. The molecule has 1 aliphatic carbocycles. The van der Waals surface area contributed by atoms with E-state index in [2.05, 4.69) is 36.1 Å². The van der Waals surface area contributed by atoms with Crippen LogP contribution >= 0.6 is 0 Å². The molecule has 8 nitrogen and oxygen atoms in total. The summed E-state index contributed by atoms with van der Waals surface area (Å²) in [5.74, 6) is 0.781. The summed E-state index contributed by atoms with van der Waals surface area (Å²) in [7, 11) is 0. The number of halogens is 1. The van der Waals surface area contributed by atoms with Crippen LogP contribution in [-0.2, 0) is 11.2 Å². The fraction of sp³-hybridized carbons (Fsp3) is 0.615. The van der Waals surface area contributed by atoms with Crippen molar-refractivity contribution in [2.45, 2.75) is 77.2 Å². The minimum atomic E-state index is -0.836. The second-order valence-corrected chi connectivity index (χ2v) is 10.9. The highest BCUT2D eigenvalue weighted by Gasteiger charge is 2.48. The molecule has 1 saturated heterocycles. The molecule has 1 aromatic carbocycles. The number of carbonyl (C=O) groups excluding carboxylic acids is 1. The van der Waals surface area contributed by atoms with Gasteiger partial charge < -0.3 is 19.7 Å². The van der Waals surface area contributed by atoms with Gasteiger partial charge in [0.15, 0.2) is 0 Å². The SMILES string of the molecule is CC(C)(C)C1CCN([C@@H]2[C@@H](O)[C@H](Oc3cccc(F)c3)C[C@H]2NC(=O)CCc2cc(=O)[nH]o2)CC1. The highest BCUT2D eigenvalue weighted by atomic mass is 19.1. The van der Waals surface area contributed by atoms with Gasteiger partial charge in [-0.3, -0.25) is 14.5 Å². The molecule has 1 amide bonds. The van der Waals surface area contributed by atoms with E-state index in [1.807, 2.05) is 0 Å². The summed E-state index contributed by atoms with van der Waals surface area (Å²) >= 11 is 0. The zero-order valence-electron chi connectivity index (χ0n) is 20.6. The number of aromatic nitrogens is 1. The Morgan fingerprint density at radius 1 is 1.29 bits per heavy atom. The summed E-state index contributed by atoms with van der Waals surface area (Å²) in [4.78, 5) is 26.3. The van der Waals surface area contributed by atoms with Crippen LogP contribution in [0.3, 0.4) is 0 Å². The van der Waals surface area contributed by atoms with Crippen molar-refractivity contribution in [2.75, 3.05) is 13.1 Å². The average molecular weight is 490 g/mol. The lowest BCUT2D eigenvalue weighted by atomic mass is 9.75. The van der Waals surface area contributed by atoms with Gasteiger partial charge in [0.1, 0.15) is 29.5 Å². The van der Waals surface area contributed by atoms with Crippen LogP contribution in [0.5, 0.6) is 5.75 Å². The molecule has 3 N–H and O–H groups in total. The van der Waals surface area contributed by atoms with E-state index in [1.54, 1.807) is 12.1 Å². The van der Waals surface area contributed by atoms with Crippen LogP contribution in [0.15, 0.2) is 39.6 Å². The van der Waals surface area contributed by atoms with Gasteiger partial charge in [0.2, 0.25) is 5.91 Å². The number of hydrogen-bond acceptors (Lipinski definition) is 6. The maximum absolute atomic E-state index is 13.7.